The molecule has 0 unspecified atom stereocenters. The van der Waals surface area contributed by atoms with Crippen molar-refractivity contribution < 1.29 is 9.53 Å². The number of nitrogens with one attached hydrogen (secondary N) is 1. The van der Waals surface area contributed by atoms with Gasteiger partial charge in [0, 0.05) is 24.5 Å². The van der Waals surface area contributed by atoms with Crippen LogP contribution in [0, 0.1) is 6.92 Å². The number of halogens is 2. The highest BCUT2D eigenvalue weighted by Gasteiger charge is 2.07. The highest BCUT2D eigenvalue weighted by atomic mass is 35.5. The Balaban J connectivity index is 0.00000182. The van der Waals surface area contributed by atoms with Crippen molar-refractivity contribution in [3.63, 3.8) is 0 Å². The molecule has 0 spiro atoms. The van der Waals surface area contributed by atoms with Crippen LogP contribution in [0.3, 0.4) is 0 Å². The van der Waals surface area contributed by atoms with Crippen LogP contribution in [0.1, 0.15) is 28.0 Å². The van der Waals surface area contributed by atoms with E-state index in [1.165, 1.54) is 5.56 Å². The van der Waals surface area contributed by atoms with Crippen molar-refractivity contribution in [2.24, 2.45) is 5.73 Å². The summed E-state index contributed by atoms with van der Waals surface area (Å²) in [5, 5.41) is 2.83. The van der Waals surface area contributed by atoms with E-state index < -0.39 is 0 Å². The second-order valence-electron chi connectivity index (χ2n) is 5.92. The molecule has 3 rings (SSSR count). The third-order valence-corrected chi connectivity index (χ3v) is 3.80. The summed E-state index contributed by atoms with van der Waals surface area (Å²) in [6.07, 6.45) is 4.74. The summed E-state index contributed by atoms with van der Waals surface area (Å²) in [4.78, 5) is 16.6. The molecule has 0 saturated carbocycles. The molecule has 1 aromatic carbocycles. The van der Waals surface area contributed by atoms with Crippen LogP contribution in [-0.2, 0) is 6.61 Å². The fourth-order valence-electron chi connectivity index (χ4n) is 2.52. The van der Waals surface area contributed by atoms with Gasteiger partial charge in [-0.3, -0.25) is 4.79 Å². The van der Waals surface area contributed by atoms with Crippen molar-refractivity contribution in [3.8, 4) is 5.75 Å². The number of aryl methyl sites for hydroxylation is 1. The number of amides is 1. The Morgan fingerprint density at radius 2 is 2.04 bits per heavy atom. The molecular weight excluding hydrogens is 387 g/mol. The fourth-order valence-corrected chi connectivity index (χ4v) is 2.52. The number of benzene rings is 1. The Bertz CT molecular complexity index is 883. The zero-order valence-electron chi connectivity index (χ0n) is 15.1. The molecule has 0 bridgehead atoms. The SMILES string of the molecule is Cc1ccc2nc(COc3cccc(C(=O)NCCCN)c3)cn2c1.Cl.Cl. The number of rotatable bonds is 7. The molecule has 2 aromatic heterocycles. The Morgan fingerprint density at radius 1 is 1.22 bits per heavy atom. The molecular formula is C19H24Cl2N4O2. The topological polar surface area (TPSA) is 81.6 Å². The molecule has 8 heteroatoms. The fraction of sp³-hybridized carbons (Fsp3) is 0.263. The molecule has 0 radical (unpaired) electrons. The maximum Gasteiger partial charge on any atom is 0.251 e. The number of hydrogen-bond donors (Lipinski definition) is 2. The van der Waals surface area contributed by atoms with Crippen molar-refractivity contribution in [1.29, 1.82) is 0 Å². The zero-order valence-corrected chi connectivity index (χ0v) is 16.7. The smallest absolute Gasteiger partial charge is 0.251 e. The molecule has 0 aliphatic carbocycles. The van der Waals surface area contributed by atoms with Crippen LogP contribution in [0.2, 0.25) is 0 Å². The summed E-state index contributed by atoms with van der Waals surface area (Å²) in [5.74, 6) is 0.516. The van der Waals surface area contributed by atoms with Gasteiger partial charge in [0.15, 0.2) is 0 Å². The van der Waals surface area contributed by atoms with Gasteiger partial charge in [-0.1, -0.05) is 12.1 Å². The van der Waals surface area contributed by atoms with Gasteiger partial charge < -0.3 is 20.2 Å². The number of pyridine rings is 1. The van der Waals surface area contributed by atoms with Gasteiger partial charge in [-0.2, -0.15) is 0 Å². The molecule has 3 N–H and O–H groups in total. The number of imidazole rings is 1. The first-order valence-corrected chi connectivity index (χ1v) is 8.31. The maximum atomic E-state index is 12.1. The van der Waals surface area contributed by atoms with E-state index in [-0.39, 0.29) is 30.7 Å². The number of nitrogens with zero attached hydrogens (tertiary/aromatic N) is 2. The standard InChI is InChI=1S/C19H22N4O2.2ClH/c1-14-6-7-18-22-16(12-23(18)11-14)13-25-17-5-2-4-15(10-17)19(24)21-9-3-8-20;;/h2,4-7,10-12H,3,8-9,13,20H2,1H3,(H,21,24);2*1H. The predicted molar refractivity (Wildman–Crippen MR) is 111 cm³/mol. The summed E-state index contributed by atoms with van der Waals surface area (Å²) < 4.78 is 7.77. The van der Waals surface area contributed by atoms with Gasteiger partial charge >= 0.3 is 0 Å². The first-order valence-electron chi connectivity index (χ1n) is 8.31. The molecule has 0 aliphatic heterocycles. The van der Waals surface area contributed by atoms with E-state index in [4.69, 9.17) is 10.5 Å². The first-order chi connectivity index (χ1) is 12.2. The monoisotopic (exact) mass is 410 g/mol. The van der Waals surface area contributed by atoms with E-state index in [0.717, 1.165) is 17.8 Å². The summed E-state index contributed by atoms with van der Waals surface area (Å²) in [7, 11) is 0. The van der Waals surface area contributed by atoms with Gasteiger partial charge in [-0.25, -0.2) is 4.98 Å². The van der Waals surface area contributed by atoms with E-state index in [1.807, 2.05) is 41.9 Å². The summed E-state index contributed by atoms with van der Waals surface area (Å²) in [6, 6.07) is 11.1. The van der Waals surface area contributed by atoms with E-state index in [2.05, 4.69) is 10.3 Å². The number of fused-ring (bicyclic) bond motifs is 1. The summed E-state index contributed by atoms with van der Waals surface area (Å²) in [5.41, 5.74) is 8.89. The Morgan fingerprint density at radius 3 is 2.81 bits per heavy atom. The minimum absolute atomic E-state index is 0. The van der Waals surface area contributed by atoms with Crippen LogP contribution >= 0.6 is 24.8 Å². The van der Waals surface area contributed by atoms with Crippen molar-refractivity contribution in [2.45, 2.75) is 20.0 Å². The minimum atomic E-state index is -0.123. The van der Waals surface area contributed by atoms with Gasteiger partial charge in [-0.15, -0.1) is 24.8 Å². The quantitative estimate of drug-likeness (QED) is 0.586. The minimum Gasteiger partial charge on any atom is -0.487 e. The van der Waals surface area contributed by atoms with Crippen LogP contribution in [-0.4, -0.2) is 28.4 Å². The number of nitrogens with two attached hydrogens (primary N) is 1. The third-order valence-electron chi connectivity index (χ3n) is 3.80. The second-order valence-corrected chi connectivity index (χ2v) is 5.92. The lowest BCUT2D eigenvalue weighted by Gasteiger charge is -2.07. The molecule has 0 aliphatic rings. The average molecular weight is 411 g/mol. The highest BCUT2D eigenvalue weighted by Crippen LogP contribution is 2.16. The maximum absolute atomic E-state index is 12.1. The van der Waals surface area contributed by atoms with Gasteiger partial charge in [-0.05, 0) is 49.7 Å². The van der Waals surface area contributed by atoms with Crippen molar-refractivity contribution in [3.05, 3.63) is 65.6 Å². The molecule has 146 valence electrons. The van der Waals surface area contributed by atoms with E-state index in [9.17, 15) is 4.79 Å². The Kier molecular flexibility index (Phi) is 9.08. The Labute approximate surface area is 170 Å². The molecule has 1 amide bonds. The number of carbonyl (C=O) groups excluding carboxylic acids is 1. The van der Waals surface area contributed by atoms with Gasteiger partial charge in [0.1, 0.15) is 18.0 Å². The number of ether oxygens (including phenoxy) is 1. The van der Waals surface area contributed by atoms with Gasteiger partial charge in [0.25, 0.3) is 5.91 Å². The second kappa shape index (κ2) is 10.8. The predicted octanol–water partition coefficient (Wildman–Crippen LogP) is 3.14. The molecule has 6 nitrogen and oxygen atoms in total. The molecule has 3 aromatic rings. The highest BCUT2D eigenvalue weighted by molar-refractivity contribution is 5.94. The molecule has 0 fully saturated rings. The van der Waals surface area contributed by atoms with E-state index >= 15 is 0 Å². The number of aromatic nitrogens is 2. The van der Waals surface area contributed by atoms with Gasteiger partial charge in [0.2, 0.25) is 0 Å². The molecule has 27 heavy (non-hydrogen) atoms. The number of hydrogen-bond acceptors (Lipinski definition) is 4. The summed E-state index contributed by atoms with van der Waals surface area (Å²) in [6.45, 7) is 3.52. The van der Waals surface area contributed by atoms with Crippen LogP contribution in [0.25, 0.3) is 5.65 Å². The van der Waals surface area contributed by atoms with Crippen molar-refractivity contribution in [1.82, 2.24) is 14.7 Å². The van der Waals surface area contributed by atoms with Crippen LogP contribution in [0.4, 0.5) is 0 Å². The van der Waals surface area contributed by atoms with Crippen molar-refractivity contribution in [2.75, 3.05) is 13.1 Å². The molecule has 0 saturated heterocycles. The van der Waals surface area contributed by atoms with Gasteiger partial charge in [0.05, 0.1) is 5.69 Å². The molecule has 2 heterocycles. The lowest BCUT2D eigenvalue weighted by atomic mass is 10.2. The summed E-state index contributed by atoms with van der Waals surface area (Å²) >= 11 is 0. The lowest BCUT2D eigenvalue weighted by Crippen LogP contribution is -2.25. The third kappa shape index (κ3) is 6.13. The average Bonchev–Trinajstić information content (AvgIpc) is 3.02. The van der Waals surface area contributed by atoms with Crippen molar-refractivity contribution >= 4 is 36.4 Å². The normalized spacial score (nSPS) is 10.0. The largest absolute Gasteiger partial charge is 0.487 e. The molecule has 0 atom stereocenters. The number of carbonyl (C=O) groups is 1. The first kappa shape index (κ1) is 22.8. The van der Waals surface area contributed by atoms with Crippen LogP contribution < -0.4 is 15.8 Å². The van der Waals surface area contributed by atoms with E-state index in [1.54, 1.807) is 18.2 Å². The zero-order chi connectivity index (χ0) is 17.6. The lowest BCUT2D eigenvalue weighted by molar-refractivity contribution is 0.0953. The van der Waals surface area contributed by atoms with Crippen LogP contribution in [0.15, 0.2) is 48.8 Å². The Hall–Kier alpha value is -2.28. The van der Waals surface area contributed by atoms with E-state index in [0.29, 0.717) is 31.0 Å². The van der Waals surface area contributed by atoms with Crippen LogP contribution in [0.5, 0.6) is 5.75 Å².